The van der Waals surface area contributed by atoms with Gasteiger partial charge in [0.15, 0.2) is 5.13 Å². The van der Waals surface area contributed by atoms with Gasteiger partial charge in [0.05, 0.1) is 20.8 Å². The SMILES string of the molecule is CCN(CC)CCN(C(=O)c1ccc(S(=O)(=O)N2CCCc3ccccc32)cc1)c1nc2ccccc2s1. The van der Waals surface area contributed by atoms with Crippen molar-refractivity contribution in [1.29, 1.82) is 0 Å². The average Bonchev–Trinajstić information content (AvgIpc) is 3.39. The van der Waals surface area contributed by atoms with Gasteiger partial charge in [0, 0.05) is 25.2 Å². The average molecular weight is 549 g/mol. The number of thiazole rings is 1. The molecule has 0 radical (unpaired) electrons. The number of aromatic nitrogens is 1. The second-order valence-corrected chi connectivity index (χ2v) is 12.2. The van der Waals surface area contributed by atoms with E-state index in [-0.39, 0.29) is 10.8 Å². The van der Waals surface area contributed by atoms with E-state index in [0.717, 1.165) is 53.9 Å². The van der Waals surface area contributed by atoms with E-state index in [1.54, 1.807) is 29.2 Å². The van der Waals surface area contributed by atoms with Gasteiger partial charge in [0.25, 0.3) is 15.9 Å². The Hall–Kier alpha value is -3.27. The van der Waals surface area contributed by atoms with Crippen LogP contribution < -0.4 is 9.21 Å². The van der Waals surface area contributed by atoms with Gasteiger partial charge in [-0.1, -0.05) is 55.5 Å². The van der Waals surface area contributed by atoms with Gasteiger partial charge >= 0.3 is 0 Å². The van der Waals surface area contributed by atoms with Crippen LogP contribution in [0.15, 0.2) is 77.7 Å². The van der Waals surface area contributed by atoms with E-state index in [4.69, 9.17) is 4.98 Å². The third-order valence-corrected chi connectivity index (χ3v) is 9.94. The van der Waals surface area contributed by atoms with Crippen LogP contribution in [0.3, 0.4) is 0 Å². The second kappa shape index (κ2) is 11.2. The lowest BCUT2D eigenvalue weighted by Crippen LogP contribution is -2.39. The molecule has 1 amide bonds. The van der Waals surface area contributed by atoms with Gasteiger partial charge in [-0.05, 0) is 74.0 Å². The highest BCUT2D eigenvalue weighted by Crippen LogP contribution is 2.33. The van der Waals surface area contributed by atoms with E-state index in [1.807, 2.05) is 48.5 Å². The molecule has 0 saturated carbocycles. The molecule has 5 rings (SSSR count). The van der Waals surface area contributed by atoms with E-state index in [1.165, 1.54) is 15.6 Å². The van der Waals surface area contributed by atoms with Crippen LogP contribution in [0.1, 0.15) is 36.2 Å². The number of amides is 1. The Balaban J connectivity index is 1.43. The number of nitrogens with zero attached hydrogens (tertiary/aromatic N) is 4. The number of carbonyl (C=O) groups is 1. The van der Waals surface area contributed by atoms with Crippen LogP contribution >= 0.6 is 11.3 Å². The number of likely N-dealkylation sites (N-methyl/N-ethyl adjacent to an activating group) is 1. The molecule has 0 saturated heterocycles. The summed E-state index contributed by atoms with van der Waals surface area (Å²) in [5.41, 5.74) is 3.06. The minimum Gasteiger partial charge on any atom is -0.302 e. The fourth-order valence-corrected chi connectivity index (χ4v) is 7.37. The van der Waals surface area contributed by atoms with E-state index in [9.17, 15) is 13.2 Å². The Morgan fingerprint density at radius 3 is 2.39 bits per heavy atom. The van der Waals surface area contributed by atoms with Crippen LogP contribution in [0.25, 0.3) is 10.2 Å². The molecule has 3 aromatic carbocycles. The van der Waals surface area contributed by atoms with Gasteiger partial charge in [-0.15, -0.1) is 0 Å². The molecular weight excluding hydrogens is 516 g/mol. The maximum atomic E-state index is 13.8. The van der Waals surface area contributed by atoms with Crippen molar-refractivity contribution in [1.82, 2.24) is 9.88 Å². The summed E-state index contributed by atoms with van der Waals surface area (Å²) in [6.45, 7) is 7.65. The van der Waals surface area contributed by atoms with Crippen LogP contribution in [-0.4, -0.2) is 56.9 Å². The van der Waals surface area contributed by atoms with Crippen LogP contribution in [-0.2, 0) is 16.4 Å². The number of para-hydroxylation sites is 2. The molecule has 198 valence electrons. The molecule has 0 atom stereocenters. The first-order chi connectivity index (χ1) is 18.4. The van der Waals surface area contributed by atoms with Crippen molar-refractivity contribution < 1.29 is 13.2 Å². The first kappa shape index (κ1) is 26.3. The summed E-state index contributed by atoms with van der Waals surface area (Å²) in [4.78, 5) is 22.6. The van der Waals surface area contributed by atoms with Gasteiger partial charge in [0.1, 0.15) is 0 Å². The Kier molecular flexibility index (Phi) is 7.78. The molecule has 0 aliphatic carbocycles. The Morgan fingerprint density at radius 2 is 1.66 bits per heavy atom. The van der Waals surface area contributed by atoms with Gasteiger partial charge in [-0.2, -0.15) is 0 Å². The van der Waals surface area contributed by atoms with Crippen molar-refractivity contribution in [3.05, 3.63) is 83.9 Å². The first-order valence-corrected chi connectivity index (χ1v) is 15.3. The lowest BCUT2D eigenvalue weighted by molar-refractivity contribution is 0.0983. The van der Waals surface area contributed by atoms with Crippen molar-refractivity contribution in [2.75, 3.05) is 41.9 Å². The molecule has 0 fully saturated rings. The number of anilines is 2. The molecule has 4 aromatic rings. The summed E-state index contributed by atoms with van der Waals surface area (Å²) >= 11 is 1.49. The third kappa shape index (κ3) is 5.18. The molecule has 0 spiro atoms. The van der Waals surface area contributed by atoms with Crippen molar-refractivity contribution in [3.8, 4) is 0 Å². The molecule has 7 nitrogen and oxygen atoms in total. The molecule has 1 aliphatic rings. The summed E-state index contributed by atoms with van der Waals surface area (Å²) in [5.74, 6) is -0.191. The van der Waals surface area contributed by atoms with Crippen LogP contribution in [0.5, 0.6) is 0 Å². The van der Waals surface area contributed by atoms with Gasteiger partial charge in [-0.25, -0.2) is 13.4 Å². The summed E-state index contributed by atoms with van der Waals surface area (Å²) in [6, 6.07) is 21.8. The molecule has 38 heavy (non-hydrogen) atoms. The Bertz CT molecular complexity index is 1500. The number of benzene rings is 3. The van der Waals surface area contributed by atoms with Crippen molar-refractivity contribution >= 4 is 48.3 Å². The maximum absolute atomic E-state index is 13.8. The van der Waals surface area contributed by atoms with E-state index < -0.39 is 10.0 Å². The monoisotopic (exact) mass is 548 g/mol. The minimum absolute atomic E-state index is 0.181. The maximum Gasteiger partial charge on any atom is 0.264 e. The van der Waals surface area contributed by atoms with E-state index in [0.29, 0.717) is 23.8 Å². The number of hydrogen-bond donors (Lipinski definition) is 0. The molecule has 1 aromatic heterocycles. The molecule has 9 heteroatoms. The van der Waals surface area contributed by atoms with Crippen molar-refractivity contribution in [3.63, 3.8) is 0 Å². The number of hydrogen-bond acceptors (Lipinski definition) is 6. The topological polar surface area (TPSA) is 73.8 Å². The normalized spacial score (nSPS) is 13.6. The fraction of sp³-hybridized carbons (Fsp3) is 0.310. The van der Waals surface area contributed by atoms with Crippen molar-refractivity contribution in [2.24, 2.45) is 0 Å². The number of sulfonamides is 1. The lowest BCUT2D eigenvalue weighted by Gasteiger charge is -2.30. The highest BCUT2D eigenvalue weighted by molar-refractivity contribution is 7.92. The summed E-state index contributed by atoms with van der Waals surface area (Å²) in [6.07, 6.45) is 1.64. The van der Waals surface area contributed by atoms with Crippen LogP contribution in [0.4, 0.5) is 10.8 Å². The quantitative estimate of drug-likeness (QED) is 0.279. The largest absolute Gasteiger partial charge is 0.302 e. The minimum atomic E-state index is -3.74. The van der Waals surface area contributed by atoms with Gasteiger partial charge in [0.2, 0.25) is 0 Å². The fourth-order valence-electron chi connectivity index (χ4n) is 4.84. The molecule has 2 heterocycles. The zero-order valence-corrected chi connectivity index (χ0v) is 23.3. The molecule has 1 aliphatic heterocycles. The Labute approximate surface area is 228 Å². The van der Waals surface area contributed by atoms with E-state index >= 15 is 0 Å². The highest BCUT2D eigenvalue weighted by Gasteiger charge is 2.29. The number of aryl methyl sites for hydroxylation is 1. The highest BCUT2D eigenvalue weighted by atomic mass is 32.2. The molecule has 0 unspecified atom stereocenters. The smallest absolute Gasteiger partial charge is 0.264 e. The molecule has 0 N–H and O–H groups in total. The number of fused-ring (bicyclic) bond motifs is 2. The Morgan fingerprint density at radius 1 is 0.947 bits per heavy atom. The van der Waals surface area contributed by atoms with Crippen molar-refractivity contribution in [2.45, 2.75) is 31.6 Å². The van der Waals surface area contributed by atoms with E-state index in [2.05, 4.69) is 18.7 Å². The van der Waals surface area contributed by atoms with Gasteiger partial charge in [-0.3, -0.25) is 14.0 Å². The summed E-state index contributed by atoms with van der Waals surface area (Å²) < 4.78 is 29.6. The molecular formula is C29H32N4O3S2. The summed E-state index contributed by atoms with van der Waals surface area (Å²) in [5, 5.41) is 0.643. The van der Waals surface area contributed by atoms with Crippen LogP contribution in [0.2, 0.25) is 0 Å². The predicted octanol–water partition coefficient (Wildman–Crippen LogP) is 5.43. The zero-order chi connectivity index (χ0) is 26.7. The third-order valence-electron chi connectivity index (χ3n) is 7.05. The standard InChI is InChI=1S/C29H32N4O3S2/c1-3-31(4-2)20-21-32(29-30-25-12-6-8-14-27(25)37-29)28(34)23-15-17-24(18-16-23)38(35,36)33-19-9-11-22-10-5-7-13-26(22)33/h5-8,10,12-18H,3-4,9,11,19-21H2,1-2H3. The molecule has 0 bridgehead atoms. The van der Waals surface area contributed by atoms with Crippen LogP contribution in [0, 0.1) is 0 Å². The van der Waals surface area contributed by atoms with Gasteiger partial charge < -0.3 is 4.90 Å². The first-order valence-electron chi connectivity index (χ1n) is 13.0. The lowest BCUT2D eigenvalue weighted by atomic mass is 10.0. The number of carbonyl (C=O) groups excluding carboxylic acids is 1. The zero-order valence-electron chi connectivity index (χ0n) is 21.7. The summed E-state index contributed by atoms with van der Waals surface area (Å²) in [7, 11) is -3.74. The number of rotatable bonds is 9. The second-order valence-electron chi connectivity index (χ2n) is 9.28. The predicted molar refractivity (Wildman–Crippen MR) is 155 cm³/mol.